The van der Waals surface area contributed by atoms with Crippen molar-refractivity contribution >= 4 is 0 Å². The summed E-state index contributed by atoms with van der Waals surface area (Å²) >= 11 is 0. The molecular weight excluding hydrogens is 210 g/mol. The number of hydrogen-bond donors (Lipinski definition) is 0. The van der Waals surface area contributed by atoms with Crippen LogP contribution in [0.1, 0.15) is 32.1 Å². The molecule has 0 aliphatic rings. The van der Waals surface area contributed by atoms with Crippen molar-refractivity contribution in [2.45, 2.75) is 32.1 Å². The van der Waals surface area contributed by atoms with E-state index < -0.39 is 5.82 Å². The zero-order chi connectivity index (χ0) is 11.6. The number of hydrogen-bond acceptors (Lipinski definition) is 1. The molecule has 0 heterocycles. The molecule has 0 bridgehead atoms. The van der Waals surface area contributed by atoms with E-state index >= 15 is 0 Å². The highest BCUT2D eigenvalue weighted by molar-refractivity contribution is 5.22. The second-order valence-electron chi connectivity index (χ2n) is 3.65. The largest absolute Gasteiger partial charge is 0.490 e. The van der Waals surface area contributed by atoms with Crippen molar-refractivity contribution in [3.05, 3.63) is 30.1 Å². The van der Waals surface area contributed by atoms with Gasteiger partial charge in [-0.15, -0.1) is 0 Å². The molecule has 0 aliphatic carbocycles. The second kappa shape index (κ2) is 8.08. The van der Waals surface area contributed by atoms with Crippen molar-refractivity contribution in [2.75, 3.05) is 13.3 Å². The van der Waals surface area contributed by atoms with Gasteiger partial charge in [-0.2, -0.15) is 0 Å². The third kappa shape index (κ3) is 5.10. The van der Waals surface area contributed by atoms with Crippen LogP contribution in [0.5, 0.6) is 5.75 Å². The van der Waals surface area contributed by atoms with Crippen LogP contribution in [-0.4, -0.2) is 13.3 Å². The van der Waals surface area contributed by atoms with Crippen LogP contribution in [0, 0.1) is 11.9 Å². The lowest BCUT2D eigenvalue weighted by atomic mass is 10.2. The Morgan fingerprint density at radius 3 is 2.62 bits per heavy atom. The molecule has 3 heteroatoms. The Labute approximate surface area is 95.4 Å². The summed E-state index contributed by atoms with van der Waals surface area (Å²) in [4.78, 5) is 0. The number of benzene rings is 1. The molecule has 89 valence electrons. The van der Waals surface area contributed by atoms with Crippen LogP contribution in [0.3, 0.4) is 0 Å². The van der Waals surface area contributed by atoms with E-state index in [0.29, 0.717) is 13.0 Å². The standard InChI is InChI=1S/C13H17F2O/c14-10-6-2-1-3-7-11-16-13-9-5-4-8-12(13)15/h4-5,9H,1-3,6-7,10-11H2. The van der Waals surface area contributed by atoms with E-state index in [1.807, 2.05) is 0 Å². The van der Waals surface area contributed by atoms with Crippen LogP contribution in [-0.2, 0) is 0 Å². The molecular formula is C13H17F2O. The Kier molecular flexibility index (Phi) is 6.54. The minimum absolute atomic E-state index is 0.235. The van der Waals surface area contributed by atoms with Crippen molar-refractivity contribution in [2.24, 2.45) is 0 Å². The SMILES string of the molecule is FCCCCCCCOc1ccc[c]c1F. The van der Waals surface area contributed by atoms with Gasteiger partial charge in [0.2, 0.25) is 0 Å². The topological polar surface area (TPSA) is 9.23 Å². The van der Waals surface area contributed by atoms with E-state index in [-0.39, 0.29) is 12.4 Å². The zero-order valence-corrected chi connectivity index (χ0v) is 9.35. The van der Waals surface area contributed by atoms with Gasteiger partial charge in [-0.25, -0.2) is 4.39 Å². The highest BCUT2D eigenvalue weighted by atomic mass is 19.1. The Hall–Kier alpha value is -1.12. The summed E-state index contributed by atoms with van der Waals surface area (Å²) in [5.74, 6) is -0.189. The van der Waals surface area contributed by atoms with E-state index in [2.05, 4.69) is 6.07 Å². The van der Waals surface area contributed by atoms with Gasteiger partial charge in [-0.1, -0.05) is 31.4 Å². The number of alkyl halides is 1. The fourth-order valence-electron chi connectivity index (χ4n) is 1.42. The fraction of sp³-hybridized carbons (Fsp3) is 0.538. The molecule has 0 fully saturated rings. The predicted octanol–water partition coefficient (Wildman–Crippen LogP) is 3.92. The molecule has 1 aromatic rings. The molecule has 1 radical (unpaired) electrons. The molecule has 0 unspecified atom stereocenters. The van der Waals surface area contributed by atoms with Crippen LogP contribution < -0.4 is 4.74 Å². The van der Waals surface area contributed by atoms with Gasteiger partial charge < -0.3 is 4.74 Å². The number of halogens is 2. The zero-order valence-electron chi connectivity index (χ0n) is 9.35. The summed E-state index contributed by atoms with van der Waals surface area (Å²) < 4.78 is 30.1. The summed E-state index contributed by atoms with van der Waals surface area (Å²) in [5.41, 5.74) is 0. The van der Waals surface area contributed by atoms with Gasteiger partial charge in [-0.05, 0) is 18.9 Å². The first kappa shape index (κ1) is 12.9. The van der Waals surface area contributed by atoms with Crippen molar-refractivity contribution < 1.29 is 13.5 Å². The second-order valence-corrected chi connectivity index (χ2v) is 3.65. The molecule has 16 heavy (non-hydrogen) atoms. The Morgan fingerprint density at radius 2 is 1.88 bits per heavy atom. The monoisotopic (exact) mass is 227 g/mol. The Morgan fingerprint density at radius 1 is 1.12 bits per heavy atom. The van der Waals surface area contributed by atoms with Gasteiger partial charge in [0, 0.05) is 6.07 Å². The molecule has 0 saturated carbocycles. The van der Waals surface area contributed by atoms with E-state index in [4.69, 9.17) is 4.74 Å². The van der Waals surface area contributed by atoms with Crippen LogP contribution in [0.2, 0.25) is 0 Å². The first-order valence-corrected chi connectivity index (χ1v) is 5.69. The quantitative estimate of drug-likeness (QED) is 0.611. The lowest BCUT2D eigenvalue weighted by Crippen LogP contribution is -1.99. The maximum Gasteiger partial charge on any atom is 0.172 e. The molecule has 0 amide bonds. The average Bonchev–Trinajstić information content (AvgIpc) is 2.30. The molecule has 0 aliphatic heterocycles. The Bertz CT molecular complexity index is 289. The summed E-state index contributed by atoms with van der Waals surface area (Å²) in [6, 6.07) is 7.23. The molecule has 1 aromatic carbocycles. The molecule has 0 atom stereocenters. The molecule has 0 spiro atoms. The van der Waals surface area contributed by atoms with Crippen LogP contribution >= 0.6 is 0 Å². The van der Waals surface area contributed by atoms with Crippen molar-refractivity contribution in [1.82, 2.24) is 0 Å². The molecule has 1 rings (SSSR count). The summed E-state index contributed by atoms with van der Waals surface area (Å²) in [6.45, 7) is 0.270. The van der Waals surface area contributed by atoms with Gasteiger partial charge in [-0.3, -0.25) is 4.39 Å². The molecule has 0 aromatic heterocycles. The predicted molar refractivity (Wildman–Crippen MR) is 59.8 cm³/mol. The third-order valence-corrected chi connectivity index (χ3v) is 2.31. The number of unbranched alkanes of at least 4 members (excludes halogenated alkanes) is 4. The van der Waals surface area contributed by atoms with Gasteiger partial charge in [0.25, 0.3) is 0 Å². The normalized spacial score (nSPS) is 10.4. The van der Waals surface area contributed by atoms with Crippen molar-refractivity contribution in [3.8, 4) is 5.75 Å². The molecule has 1 nitrogen and oxygen atoms in total. The summed E-state index contributed by atoms with van der Waals surface area (Å²) in [6.07, 6.45) is 4.45. The molecule has 0 saturated heterocycles. The first-order chi connectivity index (χ1) is 7.84. The minimum atomic E-state index is -0.445. The van der Waals surface area contributed by atoms with E-state index in [9.17, 15) is 8.78 Å². The fourth-order valence-corrected chi connectivity index (χ4v) is 1.42. The smallest absolute Gasteiger partial charge is 0.172 e. The lowest BCUT2D eigenvalue weighted by Gasteiger charge is -2.06. The van der Waals surface area contributed by atoms with Gasteiger partial charge >= 0.3 is 0 Å². The number of ether oxygens (including phenoxy) is 1. The third-order valence-electron chi connectivity index (χ3n) is 2.31. The van der Waals surface area contributed by atoms with E-state index in [1.165, 1.54) is 6.07 Å². The van der Waals surface area contributed by atoms with Gasteiger partial charge in [0.15, 0.2) is 11.6 Å². The lowest BCUT2D eigenvalue weighted by molar-refractivity contribution is 0.289. The van der Waals surface area contributed by atoms with Crippen LogP contribution in [0.15, 0.2) is 18.2 Å². The summed E-state index contributed by atoms with van der Waals surface area (Å²) in [7, 11) is 0. The average molecular weight is 227 g/mol. The highest BCUT2D eigenvalue weighted by Crippen LogP contribution is 2.15. The number of rotatable bonds is 8. The van der Waals surface area contributed by atoms with Crippen LogP contribution in [0.25, 0.3) is 0 Å². The van der Waals surface area contributed by atoms with Crippen molar-refractivity contribution in [1.29, 1.82) is 0 Å². The highest BCUT2D eigenvalue weighted by Gasteiger charge is 2.00. The Balaban J connectivity index is 2.05. The van der Waals surface area contributed by atoms with Crippen LogP contribution in [0.4, 0.5) is 8.78 Å². The molecule has 0 N–H and O–H groups in total. The summed E-state index contributed by atoms with van der Waals surface area (Å²) in [5, 5.41) is 0. The van der Waals surface area contributed by atoms with Crippen molar-refractivity contribution in [3.63, 3.8) is 0 Å². The maximum absolute atomic E-state index is 13.0. The van der Waals surface area contributed by atoms with Gasteiger partial charge in [0.1, 0.15) is 0 Å². The van der Waals surface area contributed by atoms with E-state index in [0.717, 1.165) is 25.7 Å². The van der Waals surface area contributed by atoms with E-state index in [1.54, 1.807) is 12.1 Å². The first-order valence-electron chi connectivity index (χ1n) is 5.69. The maximum atomic E-state index is 13.0. The minimum Gasteiger partial charge on any atom is -0.490 e. The van der Waals surface area contributed by atoms with Gasteiger partial charge in [0.05, 0.1) is 13.3 Å².